The van der Waals surface area contributed by atoms with Crippen LogP contribution in [0.5, 0.6) is 0 Å². The van der Waals surface area contributed by atoms with Gasteiger partial charge in [0.2, 0.25) is 0 Å². The van der Waals surface area contributed by atoms with Gasteiger partial charge in [0.1, 0.15) is 5.76 Å². The van der Waals surface area contributed by atoms with Crippen molar-refractivity contribution in [2.24, 2.45) is 0 Å². The molecule has 1 aliphatic heterocycles. The lowest BCUT2D eigenvalue weighted by Crippen LogP contribution is -2.29. The molecule has 3 aromatic rings. The van der Waals surface area contributed by atoms with Crippen molar-refractivity contribution in [2.45, 2.75) is 19.4 Å². The average Bonchev–Trinajstić information content (AvgIpc) is 3.06. The number of aliphatic hydroxyl groups is 1. The zero-order valence-electron chi connectivity index (χ0n) is 16.5. The van der Waals surface area contributed by atoms with Crippen LogP contribution in [0.4, 0.5) is 5.69 Å². The number of carbonyl (C=O) groups is 2. The number of halogens is 2. The third-order valence-electron chi connectivity index (χ3n) is 5.26. The van der Waals surface area contributed by atoms with Crippen LogP contribution in [0.1, 0.15) is 29.7 Å². The van der Waals surface area contributed by atoms with E-state index in [0.717, 1.165) is 12.0 Å². The van der Waals surface area contributed by atoms with E-state index in [1.54, 1.807) is 42.7 Å². The Balaban J connectivity index is 1.92. The molecule has 1 amide bonds. The summed E-state index contributed by atoms with van der Waals surface area (Å²) < 4.78 is 0. The highest BCUT2D eigenvalue weighted by molar-refractivity contribution is 6.51. The van der Waals surface area contributed by atoms with E-state index in [4.69, 9.17) is 23.2 Å². The molecule has 0 bridgehead atoms. The van der Waals surface area contributed by atoms with E-state index in [0.29, 0.717) is 21.8 Å². The summed E-state index contributed by atoms with van der Waals surface area (Å²) in [5, 5.41) is 11.6. The van der Waals surface area contributed by atoms with E-state index in [1.165, 1.54) is 17.0 Å². The van der Waals surface area contributed by atoms with Crippen LogP contribution in [0.3, 0.4) is 0 Å². The third-order valence-corrected chi connectivity index (χ3v) is 6.00. The Bertz CT molecular complexity index is 1190. The van der Waals surface area contributed by atoms with Crippen molar-refractivity contribution in [1.82, 2.24) is 4.98 Å². The molecule has 0 radical (unpaired) electrons. The lowest BCUT2D eigenvalue weighted by Gasteiger charge is -2.25. The van der Waals surface area contributed by atoms with Crippen LogP contribution in [0.15, 0.2) is 72.6 Å². The van der Waals surface area contributed by atoms with Gasteiger partial charge in [-0.15, -0.1) is 0 Å². The number of carbonyl (C=O) groups excluding carboxylic acids is 2. The lowest BCUT2D eigenvalue weighted by atomic mass is 9.96. The van der Waals surface area contributed by atoms with E-state index < -0.39 is 17.7 Å². The molecular formula is C24H18Cl2N2O3. The van der Waals surface area contributed by atoms with Crippen LogP contribution in [0.2, 0.25) is 10.0 Å². The molecule has 1 saturated heterocycles. The second-order valence-electron chi connectivity index (χ2n) is 7.10. The number of anilines is 1. The fraction of sp³-hybridized carbons (Fsp3) is 0.125. The van der Waals surface area contributed by atoms with Gasteiger partial charge in [0.15, 0.2) is 0 Å². The third kappa shape index (κ3) is 3.82. The Morgan fingerprint density at radius 2 is 1.81 bits per heavy atom. The Hall–Kier alpha value is -3.15. The van der Waals surface area contributed by atoms with E-state index in [-0.39, 0.29) is 16.4 Å². The van der Waals surface area contributed by atoms with Crippen molar-refractivity contribution in [3.63, 3.8) is 0 Å². The largest absolute Gasteiger partial charge is 0.507 e. The molecule has 5 nitrogen and oxygen atoms in total. The first kappa shape index (κ1) is 21.1. The van der Waals surface area contributed by atoms with Gasteiger partial charge in [-0.05, 0) is 53.9 Å². The van der Waals surface area contributed by atoms with Crippen molar-refractivity contribution < 1.29 is 14.7 Å². The summed E-state index contributed by atoms with van der Waals surface area (Å²) in [4.78, 5) is 31.7. The maximum absolute atomic E-state index is 13.1. The normalized spacial score (nSPS) is 17.9. The van der Waals surface area contributed by atoms with Gasteiger partial charge in [-0.2, -0.15) is 0 Å². The van der Waals surface area contributed by atoms with E-state index in [9.17, 15) is 14.7 Å². The van der Waals surface area contributed by atoms with Crippen LogP contribution in [0.25, 0.3) is 5.76 Å². The average molecular weight is 453 g/mol. The van der Waals surface area contributed by atoms with Crippen molar-refractivity contribution in [2.75, 3.05) is 4.90 Å². The predicted molar refractivity (Wildman–Crippen MR) is 121 cm³/mol. The molecule has 0 spiro atoms. The summed E-state index contributed by atoms with van der Waals surface area (Å²) in [7, 11) is 0. The van der Waals surface area contributed by atoms with Gasteiger partial charge in [-0.3, -0.25) is 19.5 Å². The van der Waals surface area contributed by atoms with Gasteiger partial charge in [-0.25, -0.2) is 0 Å². The number of hydrogen-bond donors (Lipinski definition) is 1. The summed E-state index contributed by atoms with van der Waals surface area (Å²) in [6, 6.07) is 14.6. The standard InChI is InChI=1S/C24H18Cl2N2O3/c1-2-14-5-8-17(9-6-14)28-21(16-4-3-11-27-13-16)20(23(30)24(28)31)22(29)15-7-10-18(25)19(26)12-15/h3-13,21,29H,2H2,1H3/b22-20-. The van der Waals surface area contributed by atoms with E-state index in [1.807, 2.05) is 19.1 Å². The van der Waals surface area contributed by atoms with Gasteiger partial charge in [0, 0.05) is 23.6 Å². The van der Waals surface area contributed by atoms with Gasteiger partial charge < -0.3 is 5.11 Å². The summed E-state index contributed by atoms with van der Waals surface area (Å²) in [6.07, 6.45) is 4.03. The molecule has 1 fully saturated rings. The Morgan fingerprint density at radius 3 is 2.42 bits per heavy atom. The minimum atomic E-state index is -0.837. The molecule has 156 valence electrons. The lowest BCUT2D eigenvalue weighted by molar-refractivity contribution is -0.132. The molecule has 2 aromatic carbocycles. The highest BCUT2D eigenvalue weighted by atomic mass is 35.5. The number of pyridine rings is 1. The maximum Gasteiger partial charge on any atom is 0.300 e. The van der Waals surface area contributed by atoms with Crippen LogP contribution in [-0.2, 0) is 16.0 Å². The van der Waals surface area contributed by atoms with Gasteiger partial charge in [-0.1, -0.05) is 48.3 Å². The van der Waals surface area contributed by atoms with Crippen LogP contribution < -0.4 is 4.90 Å². The Kier molecular flexibility index (Phi) is 5.81. The first-order chi connectivity index (χ1) is 14.9. The first-order valence-corrected chi connectivity index (χ1v) is 10.4. The number of rotatable bonds is 4. The first-order valence-electron chi connectivity index (χ1n) is 9.67. The number of Topliss-reactive ketones (excluding diaryl/α,β-unsaturated/α-hetero) is 1. The summed E-state index contributed by atoms with van der Waals surface area (Å²) in [5.74, 6) is -1.82. The smallest absolute Gasteiger partial charge is 0.300 e. The molecule has 1 N–H and O–H groups in total. The van der Waals surface area contributed by atoms with Crippen molar-refractivity contribution in [1.29, 1.82) is 0 Å². The number of amides is 1. The number of hydrogen-bond acceptors (Lipinski definition) is 4. The number of aryl methyl sites for hydroxylation is 1. The quantitative estimate of drug-likeness (QED) is 0.318. The number of aromatic nitrogens is 1. The van der Waals surface area contributed by atoms with Crippen LogP contribution in [0, 0.1) is 0 Å². The summed E-state index contributed by atoms with van der Waals surface area (Å²) in [5.41, 5.74) is 2.52. The van der Waals surface area contributed by atoms with Crippen LogP contribution >= 0.6 is 23.2 Å². The maximum atomic E-state index is 13.1. The molecule has 4 rings (SSSR count). The molecule has 31 heavy (non-hydrogen) atoms. The topological polar surface area (TPSA) is 70.5 Å². The zero-order valence-corrected chi connectivity index (χ0v) is 18.1. The molecular weight excluding hydrogens is 435 g/mol. The summed E-state index contributed by atoms with van der Waals surface area (Å²) >= 11 is 12.1. The monoisotopic (exact) mass is 452 g/mol. The van der Waals surface area contributed by atoms with E-state index in [2.05, 4.69) is 4.98 Å². The second kappa shape index (κ2) is 8.53. The SMILES string of the molecule is CCc1ccc(N2C(=O)C(=O)/C(=C(\O)c3ccc(Cl)c(Cl)c3)C2c2cccnc2)cc1. The highest BCUT2D eigenvalue weighted by Crippen LogP contribution is 2.42. The van der Waals surface area contributed by atoms with Crippen LogP contribution in [-0.4, -0.2) is 21.8 Å². The number of benzene rings is 2. The van der Waals surface area contributed by atoms with E-state index >= 15 is 0 Å². The van der Waals surface area contributed by atoms with Crippen molar-refractivity contribution >= 4 is 46.3 Å². The number of ketones is 1. The second-order valence-corrected chi connectivity index (χ2v) is 7.92. The fourth-order valence-corrected chi connectivity index (χ4v) is 3.94. The van der Waals surface area contributed by atoms with Crippen molar-refractivity contribution in [3.05, 3.63) is 99.3 Å². The molecule has 1 aromatic heterocycles. The highest BCUT2D eigenvalue weighted by Gasteiger charge is 2.47. The fourth-order valence-electron chi connectivity index (χ4n) is 3.64. The number of nitrogens with zero attached hydrogens (tertiary/aromatic N) is 2. The molecule has 1 unspecified atom stereocenters. The molecule has 0 aliphatic carbocycles. The number of aliphatic hydroxyl groups excluding tert-OH is 1. The van der Waals surface area contributed by atoms with Gasteiger partial charge in [0.05, 0.1) is 21.7 Å². The Morgan fingerprint density at radius 1 is 1.06 bits per heavy atom. The van der Waals surface area contributed by atoms with Gasteiger partial charge in [0.25, 0.3) is 11.7 Å². The Labute approximate surface area is 189 Å². The van der Waals surface area contributed by atoms with Crippen molar-refractivity contribution in [3.8, 4) is 0 Å². The van der Waals surface area contributed by atoms with Gasteiger partial charge >= 0.3 is 0 Å². The zero-order chi connectivity index (χ0) is 22.1. The molecule has 1 atom stereocenters. The minimum Gasteiger partial charge on any atom is -0.507 e. The molecule has 0 saturated carbocycles. The molecule has 1 aliphatic rings. The summed E-state index contributed by atoms with van der Waals surface area (Å²) in [6.45, 7) is 2.04. The predicted octanol–water partition coefficient (Wildman–Crippen LogP) is 5.58. The molecule has 7 heteroatoms. The minimum absolute atomic E-state index is 0.0315. The molecule has 2 heterocycles.